The fourth-order valence-electron chi connectivity index (χ4n) is 4.45. The van der Waals surface area contributed by atoms with E-state index in [1.165, 1.54) is 18.2 Å². The van der Waals surface area contributed by atoms with E-state index >= 15 is 0 Å². The summed E-state index contributed by atoms with van der Waals surface area (Å²) in [4.78, 5) is 29.0. The Bertz CT molecular complexity index is 1350. The number of pyridine rings is 1. The summed E-state index contributed by atoms with van der Waals surface area (Å²) in [5, 5.41) is 9.52. The molecule has 1 aromatic carbocycles. The molecule has 0 saturated carbocycles. The van der Waals surface area contributed by atoms with Crippen molar-refractivity contribution in [1.82, 2.24) is 15.2 Å². The third kappa shape index (κ3) is 3.94. The van der Waals surface area contributed by atoms with E-state index in [-0.39, 0.29) is 22.3 Å². The molecule has 33 heavy (non-hydrogen) atoms. The molecule has 0 unspecified atom stereocenters. The van der Waals surface area contributed by atoms with Gasteiger partial charge in [-0.25, -0.2) is 14.8 Å². The molecular formula is C23H20ClFN5O3+. The number of carbonyl (C=O) groups excluding carboxylic acids is 1. The maximum absolute atomic E-state index is 14.9. The number of aromatic amines is 1. The number of methoxy groups -OCH3 is 1. The molecule has 2 aromatic heterocycles. The van der Waals surface area contributed by atoms with Crippen LogP contribution in [-0.4, -0.2) is 38.6 Å². The number of hydrogen-bond donors (Lipinski definition) is 2. The van der Waals surface area contributed by atoms with Crippen molar-refractivity contribution >= 4 is 29.0 Å². The Balaban J connectivity index is 1.40. The lowest BCUT2D eigenvalue weighted by Gasteiger charge is -2.19. The van der Waals surface area contributed by atoms with Gasteiger partial charge in [-0.2, -0.15) is 14.5 Å². The number of amides is 2. The Labute approximate surface area is 193 Å². The number of hydrogen-bond acceptors (Lipinski definition) is 5. The van der Waals surface area contributed by atoms with Crippen LogP contribution in [0.15, 0.2) is 41.3 Å². The van der Waals surface area contributed by atoms with E-state index in [0.29, 0.717) is 42.7 Å². The molecule has 3 aromatic rings. The summed E-state index contributed by atoms with van der Waals surface area (Å²) >= 11 is 6.42. The van der Waals surface area contributed by atoms with Gasteiger partial charge in [0.25, 0.3) is 5.56 Å². The van der Waals surface area contributed by atoms with Crippen molar-refractivity contribution in [1.29, 1.82) is 0 Å². The number of anilines is 1. The number of H-pyrrole nitrogens is 1. The van der Waals surface area contributed by atoms with Crippen molar-refractivity contribution in [2.24, 2.45) is 0 Å². The molecule has 0 aliphatic carbocycles. The second kappa shape index (κ2) is 8.49. The van der Waals surface area contributed by atoms with Crippen LogP contribution in [0.5, 0.6) is 0 Å². The number of fused-ring (bicyclic) bond motifs is 3. The van der Waals surface area contributed by atoms with Crippen LogP contribution in [0.3, 0.4) is 0 Å². The second-order valence-corrected chi connectivity index (χ2v) is 8.43. The number of carbonyl (C=O) groups is 1. The minimum absolute atomic E-state index is 0.0158. The lowest BCUT2D eigenvalue weighted by Crippen LogP contribution is -2.36. The van der Waals surface area contributed by atoms with Gasteiger partial charge in [0.15, 0.2) is 11.5 Å². The van der Waals surface area contributed by atoms with Gasteiger partial charge in [-0.1, -0.05) is 17.7 Å². The number of rotatable bonds is 4. The van der Waals surface area contributed by atoms with Crippen molar-refractivity contribution < 1.29 is 18.5 Å². The fourth-order valence-corrected chi connectivity index (χ4v) is 4.72. The molecule has 0 spiro atoms. The summed E-state index contributed by atoms with van der Waals surface area (Å²) < 4.78 is 21.6. The number of urea groups is 1. The summed E-state index contributed by atoms with van der Waals surface area (Å²) in [7, 11) is 1.58. The van der Waals surface area contributed by atoms with Crippen molar-refractivity contribution in [3.05, 3.63) is 74.7 Å². The highest BCUT2D eigenvalue weighted by atomic mass is 35.5. The van der Waals surface area contributed by atoms with Crippen LogP contribution >= 0.6 is 11.6 Å². The van der Waals surface area contributed by atoms with Gasteiger partial charge in [-0.05, 0) is 17.7 Å². The standard InChI is InChI=1S/C23H19ClFN5O3/c1-33-11-14-3-2-12(10-26-14)16-8-18(25)19(9-17(16)24)27-23(32)30-15-4-5-20(30)22-13(6-15)7-21(31)28-29-22/h2-3,7-10,20H,4-6,11H2,1H3,(H-,27,28,31,32)/p+1/t20-/m1/s1. The average Bonchev–Trinajstić information content (AvgIpc) is 3.12. The summed E-state index contributed by atoms with van der Waals surface area (Å²) in [5.74, 6) is -0.610. The highest BCUT2D eigenvalue weighted by molar-refractivity contribution is 6.33. The van der Waals surface area contributed by atoms with Crippen molar-refractivity contribution in [2.45, 2.75) is 31.9 Å². The normalized spacial score (nSPS) is 16.6. The van der Waals surface area contributed by atoms with E-state index in [0.717, 1.165) is 17.0 Å². The molecule has 10 heteroatoms. The number of nitrogens with zero attached hydrogens (tertiary/aromatic N) is 3. The SMILES string of the molecule is COCc1ccc(-c2cc(F)c(NC(=O)[N+]3=C4CC[C@@H]3c3n[nH]c(=O)cc3C4)cc2Cl)cn1. The van der Waals surface area contributed by atoms with Crippen LogP contribution in [0.1, 0.15) is 35.8 Å². The van der Waals surface area contributed by atoms with Crippen LogP contribution < -0.4 is 10.9 Å². The maximum atomic E-state index is 14.9. The van der Waals surface area contributed by atoms with Crippen LogP contribution in [0.2, 0.25) is 5.02 Å². The minimum atomic E-state index is -0.610. The van der Waals surface area contributed by atoms with Gasteiger partial charge in [-0.15, -0.1) is 0 Å². The zero-order valence-corrected chi connectivity index (χ0v) is 18.4. The minimum Gasteiger partial charge on any atom is -0.378 e. The molecule has 2 N–H and O–H groups in total. The molecule has 5 rings (SSSR count). The first kappa shape index (κ1) is 21.4. The van der Waals surface area contributed by atoms with Crippen LogP contribution in [0, 0.1) is 5.82 Å². The van der Waals surface area contributed by atoms with Crippen LogP contribution in [0.4, 0.5) is 14.9 Å². The Morgan fingerprint density at radius 3 is 2.97 bits per heavy atom. The molecule has 2 aliphatic rings. The first-order valence-electron chi connectivity index (χ1n) is 10.4. The molecule has 0 radical (unpaired) electrons. The molecule has 2 amide bonds. The Hall–Kier alpha value is -3.43. The molecule has 0 saturated heterocycles. The summed E-state index contributed by atoms with van der Waals surface area (Å²) in [6.07, 6.45) is 3.47. The molecule has 1 atom stereocenters. The molecular weight excluding hydrogens is 449 g/mol. The van der Waals surface area contributed by atoms with Crippen LogP contribution in [-0.2, 0) is 17.8 Å². The third-order valence-corrected chi connectivity index (χ3v) is 6.25. The number of halogens is 2. The number of benzene rings is 1. The van der Waals surface area contributed by atoms with Gasteiger partial charge in [0, 0.05) is 55.8 Å². The Kier molecular flexibility index (Phi) is 5.51. The maximum Gasteiger partial charge on any atom is 0.496 e. The van der Waals surface area contributed by atoms with Gasteiger partial charge in [0.05, 0.1) is 23.0 Å². The van der Waals surface area contributed by atoms with E-state index in [2.05, 4.69) is 20.5 Å². The third-order valence-electron chi connectivity index (χ3n) is 5.93. The van der Waals surface area contributed by atoms with Gasteiger partial charge >= 0.3 is 6.03 Å². The summed E-state index contributed by atoms with van der Waals surface area (Å²) in [6.45, 7) is 0.375. The molecule has 0 fully saturated rings. The zero-order chi connectivity index (χ0) is 23.1. The van der Waals surface area contributed by atoms with Gasteiger partial charge in [0.2, 0.25) is 0 Å². The zero-order valence-electron chi connectivity index (χ0n) is 17.7. The predicted octanol–water partition coefficient (Wildman–Crippen LogP) is 3.85. The molecule has 2 aliphatic heterocycles. The fraction of sp³-hybridized carbons (Fsp3) is 0.261. The predicted molar refractivity (Wildman–Crippen MR) is 120 cm³/mol. The van der Waals surface area contributed by atoms with E-state index in [1.54, 1.807) is 30.0 Å². The molecule has 2 bridgehead atoms. The topological polar surface area (TPSA) is 100.0 Å². The smallest absolute Gasteiger partial charge is 0.378 e. The first-order chi connectivity index (χ1) is 15.9. The molecule has 4 heterocycles. The lowest BCUT2D eigenvalue weighted by atomic mass is 10.0. The monoisotopic (exact) mass is 468 g/mol. The van der Waals surface area contributed by atoms with Gasteiger partial charge in [0.1, 0.15) is 11.7 Å². The van der Waals surface area contributed by atoms with E-state index in [1.807, 2.05) is 0 Å². The quantitative estimate of drug-likeness (QED) is 0.566. The van der Waals surface area contributed by atoms with E-state index in [4.69, 9.17) is 16.3 Å². The highest BCUT2D eigenvalue weighted by Gasteiger charge is 2.42. The largest absolute Gasteiger partial charge is 0.496 e. The van der Waals surface area contributed by atoms with Crippen molar-refractivity contribution in [2.75, 3.05) is 12.4 Å². The summed E-state index contributed by atoms with van der Waals surface area (Å²) in [5.41, 5.74) is 3.95. The number of nitrogens with one attached hydrogen (secondary N) is 2. The lowest BCUT2D eigenvalue weighted by molar-refractivity contribution is -0.469. The van der Waals surface area contributed by atoms with E-state index in [9.17, 15) is 14.0 Å². The van der Waals surface area contributed by atoms with Crippen molar-refractivity contribution in [3.63, 3.8) is 0 Å². The van der Waals surface area contributed by atoms with Gasteiger partial charge in [-0.3, -0.25) is 9.78 Å². The summed E-state index contributed by atoms with van der Waals surface area (Å²) in [6, 6.07) is 7.01. The molecule has 168 valence electrons. The Morgan fingerprint density at radius 1 is 1.36 bits per heavy atom. The highest BCUT2D eigenvalue weighted by Crippen LogP contribution is 2.36. The van der Waals surface area contributed by atoms with Crippen LogP contribution in [0.25, 0.3) is 11.1 Å². The number of aromatic nitrogens is 3. The number of ether oxygens (including phenoxy) is 1. The molecule has 8 nitrogen and oxygen atoms in total. The average molecular weight is 469 g/mol. The van der Waals surface area contributed by atoms with E-state index < -0.39 is 11.8 Å². The Morgan fingerprint density at radius 2 is 2.21 bits per heavy atom. The van der Waals surface area contributed by atoms with Gasteiger partial charge < -0.3 is 4.74 Å². The first-order valence-corrected chi connectivity index (χ1v) is 10.8. The second-order valence-electron chi connectivity index (χ2n) is 8.02. The van der Waals surface area contributed by atoms with Crippen molar-refractivity contribution in [3.8, 4) is 11.1 Å².